The lowest BCUT2D eigenvalue weighted by Gasteiger charge is -2.38. The van der Waals surface area contributed by atoms with E-state index in [4.69, 9.17) is 14.2 Å². The standard InChI is InChI=1S/C24H33FN6O4/c1-15(19-10-16(25)14-30(19)5)33-21-12-22(29-20(13-27)28-21)34-18-7-9-31(17(11-18)6-8-26)23(32)35-24(2,3)4/h12,15-19H,6-7,9-11,14H2,1-5H3/t15-,16+,17+,18-,19-/m0/s1. The Labute approximate surface area is 205 Å². The molecular weight excluding hydrogens is 455 g/mol. The Balaban J connectivity index is 1.69. The number of piperidine rings is 1. The average molecular weight is 489 g/mol. The summed E-state index contributed by atoms with van der Waals surface area (Å²) >= 11 is 0. The molecule has 2 aliphatic rings. The molecule has 10 nitrogen and oxygen atoms in total. The van der Waals surface area contributed by atoms with E-state index in [1.165, 1.54) is 6.07 Å². The summed E-state index contributed by atoms with van der Waals surface area (Å²) in [7, 11) is 1.85. The summed E-state index contributed by atoms with van der Waals surface area (Å²) in [5.74, 6) is 0.246. The van der Waals surface area contributed by atoms with Crippen molar-refractivity contribution in [1.29, 1.82) is 10.5 Å². The van der Waals surface area contributed by atoms with Crippen molar-refractivity contribution < 1.29 is 23.4 Å². The maximum absolute atomic E-state index is 13.8. The van der Waals surface area contributed by atoms with E-state index in [2.05, 4.69) is 16.0 Å². The first-order valence-corrected chi connectivity index (χ1v) is 11.8. The van der Waals surface area contributed by atoms with Crippen molar-refractivity contribution in [2.75, 3.05) is 20.1 Å². The van der Waals surface area contributed by atoms with Gasteiger partial charge in [-0.25, -0.2) is 9.18 Å². The number of ether oxygens (including phenoxy) is 3. The van der Waals surface area contributed by atoms with Gasteiger partial charge in [-0.1, -0.05) is 0 Å². The first kappa shape index (κ1) is 26.4. The van der Waals surface area contributed by atoms with Gasteiger partial charge < -0.3 is 19.1 Å². The van der Waals surface area contributed by atoms with E-state index in [0.717, 1.165) is 0 Å². The van der Waals surface area contributed by atoms with E-state index >= 15 is 0 Å². The Kier molecular flexibility index (Phi) is 8.34. The summed E-state index contributed by atoms with van der Waals surface area (Å²) in [6, 6.07) is 5.07. The molecule has 2 aliphatic heterocycles. The number of hydrogen-bond acceptors (Lipinski definition) is 9. The number of nitriles is 2. The second-order valence-corrected chi connectivity index (χ2v) is 10.1. The van der Waals surface area contributed by atoms with Crippen molar-refractivity contribution in [1.82, 2.24) is 19.8 Å². The number of alkyl halides is 1. The second-order valence-electron chi connectivity index (χ2n) is 10.1. The summed E-state index contributed by atoms with van der Waals surface area (Å²) < 4.78 is 31.2. The number of carbonyl (C=O) groups excluding carboxylic acids is 1. The van der Waals surface area contributed by atoms with Crippen LogP contribution in [0, 0.1) is 22.7 Å². The summed E-state index contributed by atoms with van der Waals surface area (Å²) in [4.78, 5) is 24.3. The molecule has 0 aliphatic carbocycles. The quantitative estimate of drug-likeness (QED) is 0.593. The van der Waals surface area contributed by atoms with Gasteiger partial charge in [-0.05, 0) is 41.2 Å². The molecule has 1 aromatic heterocycles. The van der Waals surface area contributed by atoms with Crippen molar-refractivity contribution >= 4 is 6.09 Å². The summed E-state index contributed by atoms with van der Waals surface area (Å²) in [6.45, 7) is 7.94. The lowest BCUT2D eigenvalue weighted by molar-refractivity contribution is -0.00384. The Bertz CT molecular complexity index is 988. The van der Waals surface area contributed by atoms with Crippen LogP contribution in [0.5, 0.6) is 11.8 Å². The largest absolute Gasteiger partial charge is 0.474 e. The maximum Gasteiger partial charge on any atom is 0.410 e. The molecule has 1 amide bonds. The Morgan fingerprint density at radius 1 is 1.29 bits per heavy atom. The molecule has 0 spiro atoms. The Morgan fingerprint density at radius 2 is 2.00 bits per heavy atom. The van der Waals surface area contributed by atoms with E-state index in [1.807, 2.05) is 24.9 Å². The number of likely N-dealkylation sites (N-methyl/N-ethyl adjacent to an activating group) is 1. The predicted molar refractivity (Wildman–Crippen MR) is 123 cm³/mol. The minimum absolute atomic E-state index is 0.104. The molecule has 190 valence electrons. The first-order chi connectivity index (χ1) is 16.5. The van der Waals surface area contributed by atoms with Crippen LogP contribution in [0.4, 0.5) is 9.18 Å². The number of carbonyl (C=O) groups is 1. The molecule has 2 fully saturated rings. The zero-order valence-corrected chi connectivity index (χ0v) is 20.9. The summed E-state index contributed by atoms with van der Waals surface area (Å²) in [5.41, 5.74) is -0.637. The lowest BCUT2D eigenvalue weighted by Crippen LogP contribution is -2.50. The fourth-order valence-corrected chi connectivity index (χ4v) is 4.51. The molecule has 2 saturated heterocycles. The van der Waals surface area contributed by atoms with Gasteiger partial charge in [0.05, 0.1) is 24.6 Å². The van der Waals surface area contributed by atoms with Crippen LogP contribution < -0.4 is 9.47 Å². The molecule has 1 aromatic rings. The highest BCUT2D eigenvalue weighted by Gasteiger charge is 2.36. The smallest absolute Gasteiger partial charge is 0.410 e. The molecule has 0 unspecified atom stereocenters. The minimum atomic E-state index is -0.900. The van der Waals surface area contributed by atoms with Gasteiger partial charge in [-0.2, -0.15) is 20.5 Å². The number of amides is 1. The number of hydrogen-bond donors (Lipinski definition) is 0. The number of aromatic nitrogens is 2. The monoisotopic (exact) mass is 488 g/mol. The third kappa shape index (κ3) is 7.15. The normalized spacial score (nSPS) is 25.9. The highest BCUT2D eigenvalue weighted by atomic mass is 19.1. The van der Waals surface area contributed by atoms with Crippen LogP contribution in [0.2, 0.25) is 0 Å². The zero-order chi connectivity index (χ0) is 25.8. The van der Waals surface area contributed by atoms with Gasteiger partial charge in [0.25, 0.3) is 0 Å². The molecule has 5 atom stereocenters. The summed E-state index contributed by atoms with van der Waals surface area (Å²) in [6.07, 6.45) is -0.610. The Morgan fingerprint density at radius 3 is 2.60 bits per heavy atom. The minimum Gasteiger partial charge on any atom is -0.474 e. The fraction of sp³-hybridized carbons (Fsp3) is 0.708. The van der Waals surface area contributed by atoms with Gasteiger partial charge in [-0.3, -0.25) is 4.90 Å². The number of halogens is 1. The van der Waals surface area contributed by atoms with Crippen molar-refractivity contribution in [3.63, 3.8) is 0 Å². The summed E-state index contributed by atoms with van der Waals surface area (Å²) in [5, 5.41) is 18.6. The van der Waals surface area contributed by atoms with E-state index in [-0.39, 0.29) is 48.3 Å². The molecule has 11 heteroatoms. The van der Waals surface area contributed by atoms with Crippen molar-refractivity contribution in [3.05, 3.63) is 11.9 Å². The third-order valence-electron chi connectivity index (χ3n) is 6.09. The van der Waals surface area contributed by atoms with Crippen LogP contribution in [-0.4, -0.2) is 82.1 Å². The molecule has 0 radical (unpaired) electrons. The van der Waals surface area contributed by atoms with E-state index in [1.54, 1.807) is 25.7 Å². The van der Waals surface area contributed by atoms with Gasteiger partial charge >= 0.3 is 6.09 Å². The number of nitrogens with zero attached hydrogens (tertiary/aromatic N) is 6. The van der Waals surface area contributed by atoms with Crippen LogP contribution in [0.25, 0.3) is 0 Å². The van der Waals surface area contributed by atoms with Gasteiger partial charge in [-0.15, -0.1) is 0 Å². The molecule has 0 bridgehead atoms. The van der Waals surface area contributed by atoms with Crippen LogP contribution in [0.3, 0.4) is 0 Å². The molecule has 0 aromatic carbocycles. The lowest BCUT2D eigenvalue weighted by atomic mass is 9.97. The molecule has 3 rings (SSSR count). The highest BCUT2D eigenvalue weighted by molar-refractivity contribution is 5.68. The van der Waals surface area contributed by atoms with Crippen molar-refractivity contribution in [2.24, 2.45) is 0 Å². The van der Waals surface area contributed by atoms with Gasteiger partial charge in [0, 0.05) is 32.0 Å². The van der Waals surface area contributed by atoms with Crippen LogP contribution in [0.1, 0.15) is 59.2 Å². The van der Waals surface area contributed by atoms with E-state index < -0.39 is 17.9 Å². The third-order valence-corrected chi connectivity index (χ3v) is 6.09. The topological polar surface area (TPSA) is 125 Å². The molecular formula is C24H33FN6O4. The Hall–Kier alpha value is -3.18. The number of rotatable bonds is 6. The highest BCUT2D eigenvalue weighted by Crippen LogP contribution is 2.28. The number of likely N-dealkylation sites (tertiary alicyclic amines) is 2. The maximum atomic E-state index is 13.8. The van der Waals surface area contributed by atoms with Crippen LogP contribution in [-0.2, 0) is 4.74 Å². The molecule has 0 N–H and O–H groups in total. The van der Waals surface area contributed by atoms with Gasteiger partial charge in [0.15, 0.2) is 0 Å². The molecule has 35 heavy (non-hydrogen) atoms. The van der Waals surface area contributed by atoms with Gasteiger partial charge in [0.1, 0.15) is 30.0 Å². The fourth-order valence-electron chi connectivity index (χ4n) is 4.51. The van der Waals surface area contributed by atoms with Crippen molar-refractivity contribution in [2.45, 2.75) is 89.4 Å². The van der Waals surface area contributed by atoms with Gasteiger partial charge in [0.2, 0.25) is 17.6 Å². The van der Waals surface area contributed by atoms with E-state index in [0.29, 0.717) is 32.4 Å². The predicted octanol–water partition coefficient (Wildman–Crippen LogP) is 3.22. The van der Waals surface area contributed by atoms with Crippen LogP contribution in [0.15, 0.2) is 6.07 Å². The molecule has 3 heterocycles. The molecule has 0 saturated carbocycles. The SMILES string of the molecule is C[C@H](Oc1cc(O[C@H]2CCN(C(=O)OC(C)(C)C)[C@H](CC#N)C2)nc(C#N)n1)[C@@H]1C[C@@H](F)CN1C. The zero-order valence-electron chi connectivity index (χ0n) is 20.9. The average Bonchev–Trinajstić information content (AvgIpc) is 3.10. The first-order valence-electron chi connectivity index (χ1n) is 11.8. The van der Waals surface area contributed by atoms with Crippen LogP contribution >= 0.6 is 0 Å². The van der Waals surface area contributed by atoms with E-state index in [9.17, 15) is 19.7 Å². The van der Waals surface area contributed by atoms with Crippen molar-refractivity contribution in [3.8, 4) is 23.9 Å². The second kappa shape index (κ2) is 11.0.